The summed E-state index contributed by atoms with van der Waals surface area (Å²) < 4.78 is 0. The van der Waals surface area contributed by atoms with E-state index in [1.165, 1.54) is 0 Å². The zero-order chi connectivity index (χ0) is 14.0. The van der Waals surface area contributed by atoms with Crippen molar-refractivity contribution < 1.29 is 14.4 Å². The molecule has 0 aliphatic heterocycles. The molecule has 3 atom stereocenters. The Balaban J connectivity index is 2.13. The Labute approximate surface area is 114 Å². The number of rotatable bonds is 4. The van der Waals surface area contributed by atoms with Gasteiger partial charge in [-0.1, -0.05) is 6.42 Å². The fraction of sp³-hybridized carbons (Fsp3) is 0.800. The molecule has 0 aromatic carbocycles. The lowest BCUT2D eigenvalue weighted by Crippen LogP contribution is -2.44. The Kier molecular flexibility index (Phi) is 4.38. The van der Waals surface area contributed by atoms with Crippen molar-refractivity contribution in [3.8, 4) is 0 Å². The second-order valence-electron chi connectivity index (χ2n) is 5.67. The molecule has 4 nitrogen and oxygen atoms in total. The first-order chi connectivity index (χ1) is 9.10. The van der Waals surface area contributed by atoms with Gasteiger partial charge in [-0.25, -0.2) is 0 Å². The minimum Gasteiger partial charge on any atom is -0.337 e. The van der Waals surface area contributed by atoms with Crippen molar-refractivity contribution in [3.05, 3.63) is 0 Å². The number of Topliss-reactive ketones (excluding diaryl/α,β-unsaturated/α-hetero) is 2. The van der Waals surface area contributed by atoms with Gasteiger partial charge in [0.25, 0.3) is 5.91 Å². The maximum Gasteiger partial charge on any atom is 0.290 e. The third-order valence-electron chi connectivity index (χ3n) is 4.76. The second kappa shape index (κ2) is 5.85. The van der Waals surface area contributed by atoms with E-state index in [4.69, 9.17) is 0 Å². The van der Waals surface area contributed by atoms with Crippen LogP contribution in [-0.4, -0.2) is 35.5 Å². The van der Waals surface area contributed by atoms with E-state index in [9.17, 15) is 14.4 Å². The Bertz CT molecular complexity index is 387. The van der Waals surface area contributed by atoms with Crippen molar-refractivity contribution in [2.24, 2.45) is 17.8 Å². The molecule has 0 saturated heterocycles. The van der Waals surface area contributed by atoms with E-state index in [1.807, 2.05) is 13.8 Å². The van der Waals surface area contributed by atoms with Crippen molar-refractivity contribution in [2.75, 3.05) is 13.1 Å². The molecule has 2 fully saturated rings. The van der Waals surface area contributed by atoms with Crippen LogP contribution in [-0.2, 0) is 14.4 Å². The smallest absolute Gasteiger partial charge is 0.290 e. The van der Waals surface area contributed by atoms with Crippen LogP contribution in [0.2, 0.25) is 0 Å². The fourth-order valence-electron chi connectivity index (χ4n) is 3.71. The monoisotopic (exact) mass is 265 g/mol. The van der Waals surface area contributed by atoms with Gasteiger partial charge in [0, 0.05) is 31.3 Å². The summed E-state index contributed by atoms with van der Waals surface area (Å²) in [6.45, 7) is 4.85. The molecule has 0 bridgehead atoms. The molecular formula is C15H23NO3. The highest BCUT2D eigenvalue weighted by Crippen LogP contribution is 2.43. The van der Waals surface area contributed by atoms with E-state index in [-0.39, 0.29) is 23.4 Å². The molecule has 0 heterocycles. The number of fused-ring (bicyclic) bond motifs is 1. The van der Waals surface area contributed by atoms with Crippen LogP contribution in [0, 0.1) is 17.8 Å². The Morgan fingerprint density at radius 1 is 1.16 bits per heavy atom. The van der Waals surface area contributed by atoms with Crippen molar-refractivity contribution in [2.45, 2.75) is 46.0 Å². The molecule has 2 rings (SSSR count). The average molecular weight is 265 g/mol. The number of nitrogens with zero attached hydrogens (tertiary/aromatic N) is 1. The molecule has 4 heteroatoms. The predicted molar refractivity (Wildman–Crippen MR) is 71.5 cm³/mol. The lowest BCUT2D eigenvalue weighted by atomic mass is 9.71. The quantitative estimate of drug-likeness (QED) is 0.729. The van der Waals surface area contributed by atoms with Crippen LogP contribution in [0.25, 0.3) is 0 Å². The molecule has 0 aromatic rings. The van der Waals surface area contributed by atoms with Crippen LogP contribution in [0.4, 0.5) is 0 Å². The highest BCUT2D eigenvalue weighted by atomic mass is 16.2. The fourth-order valence-corrected chi connectivity index (χ4v) is 3.71. The van der Waals surface area contributed by atoms with E-state index < -0.39 is 5.91 Å². The maximum absolute atomic E-state index is 12.4. The van der Waals surface area contributed by atoms with Gasteiger partial charge in [-0.2, -0.15) is 0 Å². The highest BCUT2D eigenvalue weighted by Gasteiger charge is 2.46. The van der Waals surface area contributed by atoms with E-state index in [0.29, 0.717) is 31.8 Å². The van der Waals surface area contributed by atoms with Gasteiger partial charge in [-0.3, -0.25) is 14.4 Å². The van der Waals surface area contributed by atoms with E-state index in [1.54, 1.807) is 4.90 Å². The number of amides is 1. The second-order valence-corrected chi connectivity index (χ2v) is 5.67. The molecular weight excluding hydrogens is 242 g/mol. The van der Waals surface area contributed by atoms with Crippen LogP contribution in [0.15, 0.2) is 0 Å². The molecule has 0 aromatic heterocycles. The van der Waals surface area contributed by atoms with Gasteiger partial charge in [0.2, 0.25) is 5.78 Å². The summed E-state index contributed by atoms with van der Waals surface area (Å²) in [5.74, 6) is -0.679. The van der Waals surface area contributed by atoms with Gasteiger partial charge in [-0.05, 0) is 39.0 Å². The average Bonchev–Trinajstić information content (AvgIpc) is 2.81. The molecule has 2 saturated carbocycles. The zero-order valence-electron chi connectivity index (χ0n) is 11.9. The number of hydrogen-bond donors (Lipinski definition) is 0. The topological polar surface area (TPSA) is 54.5 Å². The first-order valence-electron chi connectivity index (χ1n) is 7.45. The molecule has 0 spiro atoms. The molecule has 0 radical (unpaired) electrons. The molecule has 2 aliphatic carbocycles. The normalized spacial score (nSPS) is 30.0. The zero-order valence-corrected chi connectivity index (χ0v) is 11.9. The minimum atomic E-state index is -0.393. The van der Waals surface area contributed by atoms with Crippen molar-refractivity contribution in [3.63, 3.8) is 0 Å². The molecule has 0 unspecified atom stereocenters. The summed E-state index contributed by atoms with van der Waals surface area (Å²) in [4.78, 5) is 38.1. The van der Waals surface area contributed by atoms with Crippen molar-refractivity contribution in [1.82, 2.24) is 4.90 Å². The van der Waals surface area contributed by atoms with Crippen LogP contribution < -0.4 is 0 Å². The number of ketones is 2. The highest BCUT2D eigenvalue weighted by molar-refractivity contribution is 6.37. The van der Waals surface area contributed by atoms with Crippen LogP contribution >= 0.6 is 0 Å². The summed E-state index contributed by atoms with van der Waals surface area (Å²) in [5, 5.41) is 0. The van der Waals surface area contributed by atoms with Gasteiger partial charge in [0.1, 0.15) is 5.78 Å². The van der Waals surface area contributed by atoms with Crippen LogP contribution in [0.1, 0.15) is 46.0 Å². The number of hydrogen-bond acceptors (Lipinski definition) is 3. The number of likely N-dealkylation sites (N-methyl/N-ethyl adjacent to an activating group) is 1. The Hall–Kier alpha value is -1.19. The summed E-state index contributed by atoms with van der Waals surface area (Å²) in [5.41, 5.74) is 0. The lowest BCUT2D eigenvalue weighted by molar-refractivity contribution is -0.149. The molecule has 2 aliphatic rings. The summed E-state index contributed by atoms with van der Waals surface area (Å²) in [6, 6.07) is 0. The first kappa shape index (κ1) is 14.2. The van der Waals surface area contributed by atoms with Gasteiger partial charge in [0.05, 0.1) is 0 Å². The third-order valence-corrected chi connectivity index (χ3v) is 4.76. The Morgan fingerprint density at radius 3 is 2.47 bits per heavy atom. The number of carbonyl (C=O) groups is 3. The summed E-state index contributed by atoms with van der Waals surface area (Å²) >= 11 is 0. The van der Waals surface area contributed by atoms with Gasteiger partial charge >= 0.3 is 0 Å². The minimum absolute atomic E-state index is 0.166. The van der Waals surface area contributed by atoms with Crippen LogP contribution in [0.3, 0.4) is 0 Å². The standard InChI is InChI=1S/C15H23NO3/c1-3-16(4-2)15(19)14(18)11-7-5-6-10-8-9-12(17)13(10)11/h10-11,13H,3-9H2,1-2H3/t10-,11+,13+/m1/s1. The number of carbonyl (C=O) groups excluding carboxylic acids is 3. The van der Waals surface area contributed by atoms with Gasteiger partial charge in [-0.15, -0.1) is 0 Å². The lowest BCUT2D eigenvalue weighted by Gasteiger charge is -2.32. The molecule has 0 N–H and O–H groups in total. The van der Waals surface area contributed by atoms with Crippen molar-refractivity contribution in [1.29, 1.82) is 0 Å². The first-order valence-corrected chi connectivity index (χ1v) is 7.45. The van der Waals surface area contributed by atoms with E-state index >= 15 is 0 Å². The van der Waals surface area contributed by atoms with Crippen LogP contribution in [0.5, 0.6) is 0 Å². The van der Waals surface area contributed by atoms with Gasteiger partial charge in [0.15, 0.2) is 0 Å². The molecule has 106 valence electrons. The molecule has 19 heavy (non-hydrogen) atoms. The Morgan fingerprint density at radius 2 is 1.84 bits per heavy atom. The summed E-state index contributed by atoms with van der Waals surface area (Å²) in [7, 11) is 0. The van der Waals surface area contributed by atoms with Gasteiger partial charge < -0.3 is 4.90 Å². The van der Waals surface area contributed by atoms with E-state index in [0.717, 1.165) is 19.3 Å². The SMILES string of the molecule is CCN(CC)C(=O)C(=O)[C@H]1CCC[C@@H]2CCC(=O)[C@@H]21. The predicted octanol–water partition coefficient (Wildman–Crippen LogP) is 1.82. The maximum atomic E-state index is 12.4. The van der Waals surface area contributed by atoms with E-state index in [2.05, 4.69) is 0 Å². The largest absolute Gasteiger partial charge is 0.337 e. The summed E-state index contributed by atoms with van der Waals surface area (Å²) in [6.07, 6.45) is 4.22. The molecule has 1 amide bonds. The third kappa shape index (κ3) is 2.58. The van der Waals surface area contributed by atoms with Crippen molar-refractivity contribution >= 4 is 17.5 Å².